The minimum Gasteiger partial charge on any atom is -0.492 e. The predicted molar refractivity (Wildman–Crippen MR) is 100 cm³/mol. The van der Waals surface area contributed by atoms with E-state index in [1.807, 2.05) is 38.4 Å². The highest BCUT2D eigenvalue weighted by Crippen LogP contribution is 2.27. The molecular weight excluding hydrogens is 314 g/mol. The van der Waals surface area contributed by atoms with E-state index in [0.717, 1.165) is 43.8 Å². The van der Waals surface area contributed by atoms with E-state index < -0.39 is 0 Å². The first-order valence-corrected chi connectivity index (χ1v) is 9.57. The number of amides is 1. The lowest BCUT2D eigenvalue weighted by Crippen LogP contribution is -2.46. The molecule has 2 saturated heterocycles. The third kappa shape index (κ3) is 4.73. The topological polar surface area (TPSA) is 44.8 Å². The Kier molecular flexibility index (Phi) is 6.32. The number of ether oxygens (including phenoxy) is 1. The first-order chi connectivity index (χ1) is 12.1. The van der Waals surface area contributed by atoms with Crippen molar-refractivity contribution in [3.8, 4) is 5.75 Å². The van der Waals surface area contributed by atoms with Gasteiger partial charge in [-0.15, -0.1) is 0 Å². The maximum Gasteiger partial charge on any atom is 0.254 e. The van der Waals surface area contributed by atoms with Gasteiger partial charge in [0.2, 0.25) is 0 Å². The van der Waals surface area contributed by atoms with Crippen LogP contribution in [0.5, 0.6) is 5.75 Å². The summed E-state index contributed by atoms with van der Waals surface area (Å²) in [6.45, 7) is 3.42. The van der Waals surface area contributed by atoms with Crippen molar-refractivity contribution < 1.29 is 9.53 Å². The number of fused-ring (bicyclic) bond motifs is 1. The number of likely N-dealkylation sites (tertiary alicyclic amines) is 1. The van der Waals surface area contributed by atoms with E-state index in [1.54, 1.807) is 0 Å². The number of nitrogens with zero attached hydrogens (tertiary/aromatic N) is 2. The lowest BCUT2D eigenvalue weighted by molar-refractivity contribution is 0.0713. The van der Waals surface area contributed by atoms with E-state index >= 15 is 0 Å². The first-order valence-electron chi connectivity index (χ1n) is 9.57. The fourth-order valence-electron chi connectivity index (χ4n) is 3.87. The summed E-state index contributed by atoms with van der Waals surface area (Å²) in [5, 5.41) is 3.65. The van der Waals surface area contributed by atoms with E-state index in [0.29, 0.717) is 18.7 Å². The molecule has 138 valence electrons. The van der Waals surface area contributed by atoms with Crippen LogP contribution in [0.4, 0.5) is 0 Å². The smallest absolute Gasteiger partial charge is 0.254 e. The number of likely N-dealkylation sites (N-methyl/N-ethyl adjacent to an activating group) is 1. The van der Waals surface area contributed by atoms with Gasteiger partial charge >= 0.3 is 0 Å². The van der Waals surface area contributed by atoms with E-state index in [1.165, 1.54) is 19.3 Å². The molecule has 0 unspecified atom stereocenters. The van der Waals surface area contributed by atoms with Gasteiger partial charge in [0.1, 0.15) is 12.4 Å². The number of hydrogen-bond acceptors (Lipinski definition) is 4. The first kappa shape index (κ1) is 18.2. The van der Waals surface area contributed by atoms with Crippen LogP contribution in [0.3, 0.4) is 0 Å². The number of carbonyl (C=O) groups is 1. The third-order valence-corrected chi connectivity index (χ3v) is 5.28. The van der Waals surface area contributed by atoms with Gasteiger partial charge in [-0.05, 0) is 58.1 Å². The average molecular weight is 345 g/mol. The molecule has 0 spiro atoms. The van der Waals surface area contributed by atoms with Crippen molar-refractivity contribution in [2.75, 3.05) is 40.3 Å². The third-order valence-electron chi connectivity index (χ3n) is 5.28. The Bertz CT molecular complexity index is 576. The van der Waals surface area contributed by atoms with Crippen LogP contribution in [-0.4, -0.2) is 68.1 Å². The summed E-state index contributed by atoms with van der Waals surface area (Å²) in [7, 11) is 4.05. The minimum atomic E-state index is 0.146. The van der Waals surface area contributed by atoms with Gasteiger partial charge in [0, 0.05) is 30.7 Å². The molecule has 0 bridgehead atoms. The minimum absolute atomic E-state index is 0.146. The van der Waals surface area contributed by atoms with Crippen molar-refractivity contribution >= 4 is 5.91 Å². The fraction of sp³-hybridized carbons (Fsp3) is 0.650. The van der Waals surface area contributed by atoms with Crippen LogP contribution in [0.2, 0.25) is 0 Å². The Morgan fingerprint density at radius 2 is 2.16 bits per heavy atom. The molecule has 1 amide bonds. The number of carbonyl (C=O) groups excluding carboxylic acids is 1. The van der Waals surface area contributed by atoms with Crippen LogP contribution in [0.15, 0.2) is 24.3 Å². The van der Waals surface area contributed by atoms with Gasteiger partial charge in [0.25, 0.3) is 5.91 Å². The summed E-state index contributed by atoms with van der Waals surface area (Å²) in [6.07, 6.45) is 5.91. The molecule has 1 N–H and O–H groups in total. The van der Waals surface area contributed by atoms with Crippen LogP contribution in [0.1, 0.15) is 42.5 Å². The molecule has 2 atom stereocenters. The van der Waals surface area contributed by atoms with Gasteiger partial charge in [-0.25, -0.2) is 0 Å². The van der Waals surface area contributed by atoms with Gasteiger partial charge < -0.3 is 19.9 Å². The molecule has 0 saturated carbocycles. The summed E-state index contributed by atoms with van der Waals surface area (Å²) in [5.74, 6) is 0.923. The molecule has 2 fully saturated rings. The quantitative estimate of drug-likeness (QED) is 0.890. The van der Waals surface area contributed by atoms with Gasteiger partial charge in [-0.1, -0.05) is 18.9 Å². The summed E-state index contributed by atoms with van der Waals surface area (Å²) in [5.41, 5.74) is 0.741. The summed E-state index contributed by atoms with van der Waals surface area (Å²) >= 11 is 0. The van der Waals surface area contributed by atoms with E-state index in [-0.39, 0.29) is 5.91 Å². The van der Waals surface area contributed by atoms with Crippen molar-refractivity contribution in [3.63, 3.8) is 0 Å². The Labute approximate surface area is 151 Å². The van der Waals surface area contributed by atoms with Crippen LogP contribution >= 0.6 is 0 Å². The van der Waals surface area contributed by atoms with Crippen molar-refractivity contribution in [1.29, 1.82) is 0 Å². The summed E-state index contributed by atoms with van der Waals surface area (Å²) in [4.78, 5) is 17.2. The molecular formula is C20H31N3O2. The normalized spacial score (nSPS) is 23.9. The van der Waals surface area contributed by atoms with Crippen LogP contribution in [-0.2, 0) is 0 Å². The highest BCUT2D eigenvalue weighted by molar-refractivity contribution is 5.95. The zero-order chi connectivity index (χ0) is 17.6. The summed E-state index contributed by atoms with van der Waals surface area (Å²) < 4.78 is 5.79. The van der Waals surface area contributed by atoms with Crippen molar-refractivity contribution in [2.45, 2.75) is 44.2 Å². The second-order valence-corrected chi connectivity index (χ2v) is 7.44. The van der Waals surface area contributed by atoms with Crippen LogP contribution < -0.4 is 10.1 Å². The predicted octanol–water partition coefficient (Wildman–Crippen LogP) is 2.37. The van der Waals surface area contributed by atoms with E-state index in [2.05, 4.69) is 15.1 Å². The molecule has 2 heterocycles. The molecule has 2 aliphatic rings. The highest BCUT2D eigenvalue weighted by atomic mass is 16.5. The lowest BCUT2D eigenvalue weighted by Gasteiger charge is -2.30. The van der Waals surface area contributed by atoms with Crippen molar-refractivity contribution in [3.05, 3.63) is 29.8 Å². The molecule has 1 aromatic carbocycles. The number of rotatable bonds is 5. The Morgan fingerprint density at radius 3 is 3.00 bits per heavy atom. The fourth-order valence-corrected chi connectivity index (χ4v) is 3.87. The van der Waals surface area contributed by atoms with Crippen molar-refractivity contribution in [1.82, 2.24) is 15.1 Å². The van der Waals surface area contributed by atoms with Crippen LogP contribution in [0.25, 0.3) is 0 Å². The zero-order valence-electron chi connectivity index (χ0n) is 15.5. The number of benzene rings is 1. The number of hydrogen-bond donors (Lipinski definition) is 1. The Balaban J connectivity index is 1.65. The van der Waals surface area contributed by atoms with E-state index in [9.17, 15) is 4.79 Å². The maximum absolute atomic E-state index is 13.1. The molecule has 0 aliphatic carbocycles. The SMILES string of the molecule is CN(C)CCOc1cccc(C(=O)N2CC[C@H]3NCCCCC[C@H]32)c1. The Hall–Kier alpha value is -1.59. The van der Waals surface area contributed by atoms with Crippen molar-refractivity contribution in [2.24, 2.45) is 0 Å². The standard InChI is InChI=1S/C20H31N3O2/c1-22(2)13-14-25-17-8-6-7-16(15-17)20(24)23-12-10-18-19(23)9-4-3-5-11-21-18/h6-8,15,18-19,21H,3-5,9-14H2,1-2H3/t18-,19-/m1/s1. The van der Waals surface area contributed by atoms with Crippen LogP contribution in [0, 0.1) is 0 Å². The molecule has 5 heteroatoms. The van der Waals surface area contributed by atoms with Gasteiger partial charge in [0.15, 0.2) is 0 Å². The molecule has 1 aromatic rings. The molecule has 3 rings (SSSR count). The number of nitrogens with one attached hydrogen (secondary N) is 1. The zero-order valence-corrected chi connectivity index (χ0v) is 15.5. The average Bonchev–Trinajstić information content (AvgIpc) is 2.95. The second kappa shape index (κ2) is 8.68. The van der Waals surface area contributed by atoms with Gasteiger partial charge in [-0.3, -0.25) is 4.79 Å². The lowest BCUT2D eigenvalue weighted by atomic mass is 9.99. The summed E-state index contributed by atoms with van der Waals surface area (Å²) in [6, 6.07) is 8.44. The van der Waals surface area contributed by atoms with Gasteiger partial charge in [0.05, 0.1) is 0 Å². The monoisotopic (exact) mass is 345 g/mol. The largest absolute Gasteiger partial charge is 0.492 e. The molecule has 2 aliphatic heterocycles. The van der Waals surface area contributed by atoms with Gasteiger partial charge in [-0.2, -0.15) is 0 Å². The molecule has 0 radical (unpaired) electrons. The molecule has 0 aromatic heterocycles. The molecule has 25 heavy (non-hydrogen) atoms. The molecule has 5 nitrogen and oxygen atoms in total. The Morgan fingerprint density at radius 1 is 1.28 bits per heavy atom. The van der Waals surface area contributed by atoms with E-state index in [4.69, 9.17) is 4.74 Å². The highest BCUT2D eigenvalue weighted by Gasteiger charge is 2.37. The maximum atomic E-state index is 13.1. The second-order valence-electron chi connectivity index (χ2n) is 7.44.